The maximum Gasteiger partial charge on any atom is 0.410 e. The zero-order chi connectivity index (χ0) is 23.6. The summed E-state index contributed by atoms with van der Waals surface area (Å²) < 4.78 is 5.60. The van der Waals surface area contributed by atoms with Crippen molar-refractivity contribution in [3.8, 4) is 0 Å². The fraction of sp³-hybridized carbons (Fsp3) is 0.500. The number of nitrogens with two attached hydrogens (primary N) is 1. The number of hydrogen-bond acceptors (Lipinski definition) is 4. The van der Waals surface area contributed by atoms with Crippen LogP contribution in [0.5, 0.6) is 0 Å². The minimum atomic E-state index is -3.12. The molecule has 0 saturated carbocycles. The van der Waals surface area contributed by atoms with Gasteiger partial charge in [0.2, 0.25) is 0 Å². The van der Waals surface area contributed by atoms with Gasteiger partial charge in [-0.25, -0.2) is 4.79 Å². The van der Waals surface area contributed by atoms with Crippen molar-refractivity contribution in [1.29, 1.82) is 0 Å². The van der Waals surface area contributed by atoms with Crippen molar-refractivity contribution in [2.24, 2.45) is 11.7 Å². The van der Waals surface area contributed by atoms with E-state index in [0.717, 1.165) is 23.2 Å². The van der Waals surface area contributed by atoms with Crippen molar-refractivity contribution < 1.29 is 14.3 Å². The molecule has 0 aliphatic carbocycles. The molecule has 1 saturated heterocycles. The molecule has 1 fully saturated rings. The average molecular weight is 455 g/mol. The molecule has 6 heteroatoms. The van der Waals surface area contributed by atoms with Crippen LogP contribution in [0.25, 0.3) is 0 Å². The van der Waals surface area contributed by atoms with Crippen LogP contribution in [0.4, 0.5) is 4.79 Å². The van der Waals surface area contributed by atoms with Gasteiger partial charge in [0, 0.05) is 19.1 Å². The molecule has 1 aliphatic rings. The maximum absolute atomic E-state index is 12.7. The summed E-state index contributed by atoms with van der Waals surface area (Å²) in [6, 6.07) is 20.0. The zero-order valence-electron chi connectivity index (χ0n) is 20.0. The quantitative estimate of drug-likeness (QED) is 0.678. The zero-order valence-corrected chi connectivity index (χ0v) is 21.0. The SMILES string of the molecule is CC(C)(C)OC(=O)N1CCC(N)C(CC(C)(C)[Si](O)(c2ccccc2)c2ccccc2)C1. The molecule has 2 atom stereocenters. The van der Waals surface area contributed by atoms with Crippen LogP contribution in [-0.2, 0) is 4.74 Å². The van der Waals surface area contributed by atoms with E-state index in [1.54, 1.807) is 4.90 Å². The molecular weight excluding hydrogens is 416 g/mol. The van der Waals surface area contributed by atoms with Gasteiger partial charge in [0.25, 0.3) is 8.32 Å². The number of hydrogen-bond donors (Lipinski definition) is 2. The number of piperidine rings is 1. The van der Waals surface area contributed by atoms with Gasteiger partial charge in [0.05, 0.1) is 0 Å². The van der Waals surface area contributed by atoms with E-state index in [0.29, 0.717) is 13.1 Å². The van der Waals surface area contributed by atoms with Crippen LogP contribution in [0, 0.1) is 5.92 Å². The Balaban J connectivity index is 1.90. The molecule has 1 heterocycles. The third-order valence-corrected chi connectivity index (χ3v) is 11.1. The molecule has 0 aromatic heterocycles. The van der Waals surface area contributed by atoms with E-state index in [1.165, 1.54) is 0 Å². The van der Waals surface area contributed by atoms with Gasteiger partial charge < -0.3 is 20.2 Å². The lowest BCUT2D eigenvalue weighted by Crippen LogP contribution is -2.66. The molecule has 1 amide bonds. The van der Waals surface area contributed by atoms with Crippen LogP contribution in [0.15, 0.2) is 60.7 Å². The highest BCUT2D eigenvalue weighted by Gasteiger charge is 2.51. The Kier molecular flexibility index (Phi) is 7.17. The molecule has 1 aliphatic heterocycles. The molecule has 2 aromatic rings. The Morgan fingerprint density at radius 3 is 2.00 bits per heavy atom. The minimum absolute atomic E-state index is 0.0160. The summed E-state index contributed by atoms with van der Waals surface area (Å²) >= 11 is 0. The normalized spacial score (nSPS) is 20.2. The molecule has 3 N–H and O–H groups in total. The molecular formula is C26H38N2O3Si. The Bertz CT molecular complexity index is 857. The van der Waals surface area contributed by atoms with E-state index in [4.69, 9.17) is 10.5 Å². The number of amides is 1. The van der Waals surface area contributed by atoms with Crippen LogP contribution in [-0.4, -0.2) is 48.8 Å². The first-order valence-electron chi connectivity index (χ1n) is 11.5. The van der Waals surface area contributed by atoms with Crippen molar-refractivity contribution >= 4 is 24.8 Å². The van der Waals surface area contributed by atoms with Gasteiger partial charge in [0.1, 0.15) is 5.60 Å². The molecule has 2 unspecified atom stereocenters. The Hall–Kier alpha value is -2.15. The number of ether oxygens (including phenoxy) is 1. The summed E-state index contributed by atoms with van der Waals surface area (Å²) in [6.45, 7) is 11.1. The standard InChI is InChI=1S/C26H38N2O3Si/c1-25(2,3)31-24(29)28-17-16-23(27)20(19-28)18-26(4,5)32(30,21-12-8-6-9-13-21)22-14-10-7-11-15-22/h6-15,20,23,30H,16-19,27H2,1-5H3. The topological polar surface area (TPSA) is 75.8 Å². The van der Waals surface area contributed by atoms with Crippen LogP contribution >= 0.6 is 0 Å². The van der Waals surface area contributed by atoms with Crippen LogP contribution in [0.1, 0.15) is 47.5 Å². The molecule has 0 bridgehead atoms. The van der Waals surface area contributed by atoms with Crippen molar-refractivity contribution in [3.63, 3.8) is 0 Å². The van der Waals surface area contributed by atoms with Crippen molar-refractivity contribution in [1.82, 2.24) is 4.90 Å². The summed E-state index contributed by atoms with van der Waals surface area (Å²) in [5.41, 5.74) is 6.02. The van der Waals surface area contributed by atoms with Gasteiger partial charge in [-0.15, -0.1) is 0 Å². The van der Waals surface area contributed by atoms with E-state index in [1.807, 2.05) is 81.4 Å². The summed E-state index contributed by atoms with van der Waals surface area (Å²) in [5, 5.41) is 1.57. The lowest BCUT2D eigenvalue weighted by atomic mass is 9.85. The third-order valence-electron chi connectivity index (χ3n) is 6.58. The lowest BCUT2D eigenvalue weighted by Gasteiger charge is -2.46. The van der Waals surface area contributed by atoms with Crippen LogP contribution < -0.4 is 16.1 Å². The summed E-state index contributed by atoms with van der Waals surface area (Å²) in [7, 11) is -3.12. The second-order valence-electron chi connectivity index (χ2n) is 10.7. The maximum atomic E-state index is 12.7. The van der Waals surface area contributed by atoms with Gasteiger partial charge >= 0.3 is 6.09 Å². The van der Waals surface area contributed by atoms with E-state index in [-0.39, 0.29) is 18.1 Å². The van der Waals surface area contributed by atoms with Gasteiger partial charge in [-0.2, -0.15) is 0 Å². The molecule has 0 spiro atoms. The first kappa shape index (κ1) is 24.5. The number of likely N-dealkylation sites (tertiary alicyclic amines) is 1. The summed E-state index contributed by atoms with van der Waals surface area (Å²) in [4.78, 5) is 26.9. The Morgan fingerprint density at radius 2 is 1.53 bits per heavy atom. The Labute approximate surface area is 193 Å². The summed E-state index contributed by atoms with van der Waals surface area (Å²) in [6.07, 6.45) is 1.17. The highest BCUT2D eigenvalue weighted by Crippen LogP contribution is 2.43. The highest BCUT2D eigenvalue weighted by atomic mass is 28.4. The van der Waals surface area contributed by atoms with Gasteiger partial charge in [0.15, 0.2) is 0 Å². The number of carbonyl (C=O) groups is 1. The number of rotatable bonds is 5. The van der Waals surface area contributed by atoms with Crippen molar-refractivity contribution in [2.75, 3.05) is 13.1 Å². The van der Waals surface area contributed by atoms with E-state index in [9.17, 15) is 9.59 Å². The monoisotopic (exact) mass is 454 g/mol. The lowest BCUT2D eigenvalue weighted by molar-refractivity contribution is 0.0135. The molecule has 3 rings (SSSR count). The van der Waals surface area contributed by atoms with Gasteiger partial charge in [-0.05, 0) is 54.9 Å². The average Bonchev–Trinajstić information content (AvgIpc) is 2.74. The van der Waals surface area contributed by atoms with Gasteiger partial charge in [-0.3, -0.25) is 0 Å². The van der Waals surface area contributed by atoms with Crippen LogP contribution in [0.2, 0.25) is 5.04 Å². The largest absolute Gasteiger partial charge is 0.444 e. The summed E-state index contributed by atoms with van der Waals surface area (Å²) in [5.74, 6) is 0.0812. The molecule has 0 radical (unpaired) electrons. The fourth-order valence-electron chi connectivity index (χ4n) is 4.87. The number of benzene rings is 2. The molecule has 174 valence electrons. The number of nitrogens with zero attached hydrogens (tertiary/aromatic N) is 1. The molecule has 32 heavy (non-hydrogen) atoms. The van der Waals surface area contributed by atoms with Crippen molar-refractivity contribution in [2.45, 2.75) is 64.1 Å². The Morgan fingerprint density at radius 1 is 1.03 bits per heavy atom. The molecule has 5 nitrogen and oxygen atoms in total. The number of carbonyl (C=O) groups excluding carboxylic acids is 1. The van der Waals surface area contributed by atoms with E-state index in [2.05, 4.69) is 13.8 Å². The van der Waals surface area contributed by atoms with E-state index < -0.39 is 19.0 Å². The molecule has 2 aromatic carbocycles. The highest BCUT2D eigenvalue weighted by molar-refractivity contribution is 6.98. The van der Waals surface area contributed by atoms with Crippen molar-refractivity contribution in [3.05, 3.63) is 60.7 Å². The second-order valence-corrected chi connectivity index (χ2v) is 14.6. The second kappa shape index (κ2) is 9.38. The van der Waals surface area contributed by atoms with Crippen LogP contribution in [0.3, 0.4) is 0 Å². The fourth-order valence-corrected chi connectivity index (χ4v) is 8.67. The smallest absolute Gasteiger partial charge is 0.410 e. The predicted octanol–water partition coefficient (Wildman–Crippen LogP) is 3.49. The first-order valence-corrected chi connectivity index (χ1v) is 13.5. The third kappa shape index (κ3) is 5.25. The van der Waals surface area contributed by atoms with Gasteiger partial charge in [-0.1, -0.05) is 74.5 Å². The minimum Gasteiger partial charge on any atom is -0.444 e. The predicted molar refractivity (Wildman–Crippen MR) is 133 cm³/mol. The first-order chi connectivity index (χ1) is 14.9. The van der Waals surface area contributed by atoms with E-state index >= 15 is 0 Å².